The second kappa shape index (κ2) is 18.9. The van der Waals surface area contributed by atoms with Crippen molar-refractivity contribution in [2.45, 2.75) is 143 Å². The molecule has 0 spiro atoms. The van der Waals surface area contributed by atoms with Crippen LogP contribution in [0.25, 0.3) is 0 Å². The molecule has 13 heteroatoms. The monoisotopic (exact) mass is 750 g/mol. The van der Waals surface area contributed by atoms with Crippen LogP contribution in [0.3, 0.4) is 0 Å². The molecule has 0 bridgehead atoms. The molecule has 3 aliphatic rings. The molecule has 0 saturated heterocycles. The van der Waals surface area contributed by atoms with Gasteiger partial charge in [0.05, 0.1) is 21.8 Å². The van der Waals surface area contributed by atoms with Crippen molar-refractivity contribution in [3.63, 3.8) is 0 Å². The van der Waals surface area contributed by atoms with Gasteiger partial charge < -0.3 is 9.84 Å². The number of hydrogen-bond donors (Lipinski definition) is 3. The maximum Gasteiger partial charge on any atom is 0.433 e. The van der Waals surface area contributed by atoms with Gasteiger partial charge in [-0.3, -0.25) is 10.3 Å². The van der Waals surface area contributed by atoms with Gasteiger partial charge in [0, 0.05) is 18.3 Å². The van der Waals surface area contributed by atoms with Crippen LogP contribution in [0.2, 0.25) is 5.21 Å². The van der Waals surface area contributed by atoms with Gasteiger partial charge in [-0.2, -0.15) is 25.8 Å². The van der Waals surface area contributed by atoms with Crippen molar-refractivity contribution in [2.24, 2.45) is 22.7 Å². The number of fused-ring (bicyclic) bond motifs is 5. The molecule has 1 heterocycles. The van der Waals surface area contributed by atoms with Crippen LogP contribution < -0.4 is 10.1 Å². The van der Waals surface area contributed by atoms with Crippen molar-refractivity contribution in [3.05, 3.63) is 53.3 Å². The van der Waals surface area contributed by atoms with Gasteiger partial charge in [-0.05, 0) is 120 Å². The third-order valence-electron chi connectivity index (χ3n) is 10.7. The van der Waals surface area contributed by atoms with E-state index in [-0.39, 0.29) is 23.6 Å². The number of nitrogens with zero attached hydrogens (tertiary/aromatic N) is 1. The second-order valence-corrected chi connectivity index (χ2v) is 16.0. The Morgan fingerprint density at radius 3 is 2.23 bits per heavy atom. The lowest BCUT2D eigenvalue weighted by Crippen LogP contribution is -2.43. The Kier molecular flexibility index (Phi) is 16.6. The molecule has 1 amide bonds. The lowest BCUT2D eigenvalue weighted by molar-refractivity contribution is -0.141. The van der Waals surface area contributed by atoms with Crippen LogP contribution in [0.1, 0.15) is 129 Å². The molecule has 288 valence electrons. The van der Waals surface area contributed by atoms with Gasteiger partial charge in [0.15, 0.2) is 0 Å². The molecule has 2 fully saturated rings. The first-order chi connectivity index (χ1) is 24.0. The number of alkyl halides is 5. The number of anilines is 1. The minimum absolute atomic E-state index is 0.0265. The maximum atomic E-state index is 12.8. The summed E-state index contributed by atoms with van der Waals surface area (Å²) < 4.78 is 69.5. The fourth-order valence-electron chi connectivity index (χ4n) is 7.08. The number of nitrogens with one attached hydrogen (secondary N) is 1. The minimum Gasteiger partial charge on any atom is -0.410 e. The van der Waals surface area contributed by atoms with Gasteiger partial charge in [-0.1, -0.05) is 67.9 Å². The van der Waals surface area contributed by atoms with E-state index in [4.69, 9.17) is 20.4 Å². The Bertz CT molecular complexity index is 1430. The van der Waals surface area contributed by atoms with Crippen LogP contribution in [0.4, 0.5) is 32.4 Å². The van der Waals surface area contributed by atoms with Gasteiger partial charge in [0.1, 0.15) is 11.4 Å². The normalized spacial score (nSPS) is 23.8. The van der Waals surface area contributed by atoms with Gasteiger partial charge in [0.25, 0.3) is 0 Å². The zero-order valence-corrected chi connectivity index (χ0v) is 32.9. The molecule has 2 N–H and O–H groups in total. The Morgan fingerprint density at radius 1 is 1.04 bits per heavy atom. The van der Waals surface area contributed by atoms with Crippen molar-refractivity contribution >= 4 is 40.1 Å². The summed E-state index contributed by atoms with van der Waals surface area (Å²) in [4.78, 5) is 15.6. The number of aryl methyl sites for hydroxylation is 1. The van der Waals surface area contributed by atoms with Crippen LogP contribution in [0.5, 0.6) is 5.75 Å². The first-order valence-electron chi connectivity index (χ1n) is 18.4. The Balaban J connectivity index is 0.000000410. The summed E-state index contributed by atoms with van der Waals surface area (Å²) in [5.41, 5.74) is 1.91. The highest BCUT2D eigenvalue weighted by Crippen LogP contribution is 2.61. The van der Waals surface area contributed by atoms with E-state index < -0.39 is 29.1 Å². The molecule has 5 atom stereocenters. The molecule has 1 aromatic heterocycles. The van der Waals surface area contributed by atoms with E-state index >= 15 is 0 Å². The molecule has 1 aromatic carbocycles. The van der Waals surface area contributed by atoms with Crippen LogP contribution in [-0.4, -0.2) is 49.7 Å². The van der Waals surface area contributed by atoms with Gasteiger partial charge in [0.2, 0.25) is 5.92 Å². The van der Waals surface area contributed by atoms with Gasteiger partial charge in [-0.15, -0.1) is 0 Å². The van der Waals surface area contributed by atoms with Crippen LogP contribution >= 0.6 is 12.6 Å². The molecule has 52 heavy (non-hydrogen) atoms. The second-order valence-electron chi connectivity index (χ2n) is 15.6. The van der Waals surface area contributed by atoms with E-state index in [2.05, 4.69) is 57.5 Å². The average Bonchev–Trinajstić information content (AvgIpc) is 3.37. The molecule has 0 aliphatic heterocycles. The number of amides is 1. The van der Waals surface area contributed by atoms with Crippen LogP contribution in [-0.2, 0) is 12.6 Å². The topological polar surface area (TPSA) is 71.5 Å². The number of rotatable bonds is 6. The number of carbonyl (C=O) groups excluding carboxylic acids is 1. The highest BCUT2D eigenvalue weighted by molar-refractivity contribution is 7.80. The fraction of sp³-hybridized carbons (Fsp3) is 0.692. The molecule has 5 unspecified atom stereocenters. The zero-order valence-electron chi connectivity index (χ0n) is 32.0. The van der Waals surface area contributed by atoms with Crippen molar-refractivity contribution < 1.29 is 36.6 Å². The number of aliphatic hydroxyl groups excluding tert-OH is 1. The van der Waals surface area contributed by atoms with E-state index in [9.17, 15) is 31.9 Å². The van der Waals surface area contributed by atoms with E-state index in [1.165, 1.54) is 18.1 Å². The van der Waals surface area contributed by atoms with Crippen LogP contribution in [0, 0.1) is 22.7 Å². The fourth-order valence-corrected chi connectivity index (χ4v) is 7.24. The van der Waals surface area contributed by atoms with Crippen molar-refractivity contribution in [2.75, 3.05) is 11.1 Å². The molecule has 2 saturated carbocycles. The predicted molar refractivity (Wildman–Crippen MR) is 205 cm³/mol. The first-order valence-corrected chi connectivity index (χ1v) is 19.0. The number of aliphatic hydroxyl groups is 1. The summed E-state index contributed by atoms with van der Waals surface area (Å²) in [5.74, 6) is -0.646. The van der Waals surface area contributed by atoms with Crippen molar-refractivity contribution in [1.82, 2.24) is 4.98 Å². The van der Waals surface area contributed by atoms with Crippen molar-refractivity contribution in [3.8, 4) is 5.75 Å². The number of benzene rings is 1. The van der Waals surface area contributed by atoms with Gasteiger partial charge in [-0.25, -0.2) is 13.6 Å². The summed E-state index contributed by atoms with van der Waals surface area (Å²) in [6.07, 6.45) is 2.61. The quantitative estimate of drug-likeness (QED) is 0.156. The SMILES string of the molecule is CC.CC12CCC3c4ccc(OC(=O)Nc5ccnc(C(F)(F)F)c5)cc4CCC3C1CCC2O.CCC(C)(C)C.[B]C([B])(C)C(F)(F)CCCS. The summed E-state index contributed by atoms with van der Waals surface area (Å²) in [6, 6.07) is 7.70. The molecular weight excluding hydrogens is 693 g/mol. The largest absolute Gasteiger partial charge is 0.433 e. The molecule has 5 nitrogen and oxygen atoms in total. The number of ether oxygens (including phenoxy) is 1. The molecule has 3 aliphatic carbocycles. The Hall–Kier alpha value is -2.27. The summed E-state index contributed by atoms with van der Waals surface area (Å²) in [6.45, 7) is 16.3. The summed E-state index contributed by atoms with van der Waals surface area (Å²) in [5, 5.41) is 11.0. The van der Waals surface area contributed by atoms with E-state index in [1.54, 1.807) is 6.07 Å². The lowest BCUT2D eigenvalue weighted by Gasteiger charge is -2.50. The highest BCUT2D eigenvalue weighted by Gasteiger charge is 2.54. The smallest absolute Gasteiger partial charge is 0.410 e. The number of aromatic nitrogens is 1. The number of halogens is 5. The van der Waals surface area contributed by atoms with Gasteiger partial charge >= 0.3 is 12.3 Å². The third kappa shape index (κ3) is 12.4. The molecular formula is C39H57B2F5N2O3S. The number of carbonyl (C=O) groups is 1. The van der Waals surface area contributed by atoms with E-state index in [0.717, 1.165) is 63.3 Å². The summed E-state index contributed by atoms with van der Waals surface area (Å²) in [7, 11) is 10.1. The predicted octanol–water partition coefficient (Wildman–Crippen LogP) is 11.2. The third-order valence-corrected chi connectivity index (χ3v) is 11.0. The standard InChI is InChI=1S/C25H27F3N2O3.C6H10B2F2S.C6H14.C2H6/c1-24-10-8-18-17-5-3-16(12-14(17)2-4-19(18)20(24)6-7-22(24)31)33-23(32)30-15-9-11-29-21(13-15)25(26,27)28;1-5(7,8)6(9,10)3-2-4-11;1-5-6(2,3)4;1-2/h3,5,9,11-13,18-20,22,31H,2,4,6-8,10H2,1H3,(H,29,30,32);11H,2-4H2,1H3;5H2,1-4H3;1-2H3. The minimum atomic E-state index is -4.59. The molecule has 4 radical (unpaired) electrons. The zero-order chi connectivity index (χ0) is 39.7. The van der Waals surface area contributed by atoms with Crippen LogP contribution in [0.15, 0.2) is 36.5 Å². The Morgan fingerprint density at radius 2 is 1.67 bits per heavy atom. The molecule has 5 rings (SSSR count). The summed E-state index contributed by atoms with van der Waals surface area (Å²) >= 11 is 3.81. The first kappa shape index (κ1) is 45.9. The van der Waals surface area contributed by atoms with E-state index in [1.807, 2.05) is 26.0 Å². The van der Waals surface area contributed by atoms with E-state index in [0.29, 0.717) is 41.1 Å². The number of hydrogen-bond acceptors (Lipinski definition) is 5. The number of pyridine rings is 1. The maximum absolute atomic E-state index is 12.8. The average molecular weight is 751 g/mol. The van der Waals surface area contributed by atoms with Crippen molar-refractivity contribution in [1.29, 1.82) is 0 Å². The lowest BCUT2D eigenvalue weighted by atomic mass is 9.51. The molecule has 2 aromatic rings. The highest BCUT2D eigenvalue weighted by atomic mass is 32.1. The number of thiol groups is 1. The Labute approximate surface area is 316 Å².